The third-order valence-corrected chi connectivity index (χ3v) is 6.62. The zero-order valence-corrected chi connectivity index (χ0v) is 18.3. The van der Waals surface area contributed by atoms with E-state index < -0.39 is 20.9 Å². The van der Waals surface area contributed by atoms with Crippen LogP contribution in [-0.2, 0) is 10.0 Å². The minimum atomic E-state index is -3.64. The number of amides is 1. The lowest BCUT2D eigenvalue weighted by molar-refractivity contribution is -0.384. The molecule has 1 amide bonds. The van der Waals surface area contributed by atoms with E-state index in [1.54, 1.807) is 19.9 Å². The van der Waals surface area contributed by atoms with E-state index in [9.17, 15) is 23.3 Å². The summed E-state index contributed by atoms with van der Waals surface area (Å²) < 4.78 is 27.0. The van der Waals surface area contributed by atoms with Crippen LogP contribution in [0.15, 0.2) is 47.4 Å². The fraction of sp³-hybridized carbons (Fsp3) is 0.381. The summed E-state index contributed by atoms with van der Waals surface area (Å²) in [7, 11) is -3.64. The van der Waals surface area contributed by atoms with Gasteiger partial charge in [-0.2, -0.15) is 0 Å². The Morgan fingerprint density at radius 1 is 1.06 bits per heavy atom. The Kier molecular flexibility index (Phi) is 6.91. The normalized spacial score (nSPS) is 14.5. The van der Waals surface area contributed by atoms with Crippen LogP contribution in [0.25, 0.3) is 0 Å². The number of hydrogen-bond donors (Lipinski definition) is 2. The Morgan fingerprint density at radius 2 is 1.71 bits per heavy atom. The molecule has 0 radical (unpaired) electrons. The van der Waals surface area contributed by atoms with Crippen molar-refractivity contribution in [2.75, 3.05) is 23.3 Å². The van der Waals surface area contributed by atoms with Crippen molar-refractivity contribution in [3.8, 4) is 0 Å². The first-order valence-electron chi connectivity index (χ1n) is 10.1. The molecule has 0 atom stereocenters. The number of benzene rings is 2. The maximum Gasteiger partial charge on any atom is 0.270 e. The number of nitro groups is 1. The molecule has 10 heteroatoms. The number of anilines is 2. The Hall–Kier alpha value is -2.98. The van der Waals surface area contributed by atoms with Crippen LogP contribution in [0.3, 0.4) is 0 Å². The monoisotopic (exact) mass is 446 g/mol. The molecule has 2 aromatic carbocycles. The van der Waals surface area contributed by atoms with Crippen molar-refractivity contribution in [1.82, 2.24) is 4.72 Å². The number of piperidine rings is 1. The van der Waals surface area contributed by atoms with Crippen LogP contribution in [0.2, 0.25) is 0 Å². The summed E-state index contributed by atoms with van der Waals surface area (Å²) in [6.07, 6.45) is 3.11. The summed E-state index contributed by atoms with van der Waals surface area (Å²) in [5.41, 5.74) is 1.11. The molecule has 1 saturated heterocycles. The van der Waals surface area contributed by atoms with Crippen molar-refractivity contribution >= 4 is 33.0 Å². The van der Waals surface area contributed by atoms with Crippen molar-refractivity contribution < 1.29 is 18.1 Å². The number of nitro benzene ring substituents is 1. The third-order valence-electron chi connectivity index (χ3n) is 4.95. The van der Waals surface area contributed by atoms with Crippen LogP contribution in [-0.4, -0.2) is 38.4 Å². The number of carbonyl (C=O) groups excluding carboxylic acids is 1. The van der Waals surface area contributed by atoms with Crippen LogP contribution in [0.4, 0.5) is 17.1 Å². The number of hydrogen-bond acceptors (Lipinski definition) is 6. The van der Waals surface area contributed by atoms with Crippen molar-refractivity contribution in [3.63, 3.8) is 0 Å². The predicted octanol–water partition coefficient (Wildman–Crippen LogP) is 3.52. The molecule has 2 aromatic rings. The highest BCUT2D eigenvalue weighted by Crippen LogP contribution is 2.29. The Labute approximate surface area is 181 Å². The first-order valence-corrected chi connectivity index (χ1v) is 11.6. The average Bonchev–Trinajstić information content (AvgIpc) is 2.73. The van der Waals surface area contributed by atoms with E-state index in [0.29, 0.717) is 11.4 Å². The second-order valence-corrected chi connectivity index (χ2v) is 9.47. The molecule has 1 aliphatic rings. The third kappa shape index (κ3) is 5.59. The smallest absolute Gasteiger partial charge is 0.270 e. The topological polar surface area (TPSA) is 122 Å². The molecule has 9 nitrogen and oxygen atoms in total. The van der Waals surface area contributed by atoms with E-state index in [0.717, 1.165) is 32.4 Å². The van der Waals surface area contributed by atoms with E-state index in [1.807, 2.05) is 0 Å². The lowest BCUT2D eigenvalue weighted by Crippen LogP contribution is -2.31. The maximum absolute atomic E-state index is 13.0. The SMILES string of the molecule is CC(C)NS(=O)(=O)c1ccc(NC(=O)c2cc([N+](=O)[O-])ccc2N2CCCCC2)cc1. The molecule has 0 unspecified atom stereocenters. The van der Waals surface area contributed by atoms with Crippen molar-refractivity contribution in [2.24, 2.45) is 0 Å². The first kappa shape index (κ1) is 22.7. The zero-order chi connectivity index (χ0) is 22.6. The molecule has 0 bridgehead atoms. The Bertz CT molecular complexity index is 1060. The lowest BCUT2D eigenvalue weighted by Gasteiger charge is -2.30. The van der Waals surface area contributed by atoms with Crippen LogP contribution in [0, 0.1) is 10.1 Å². The highest BCUT2D eigenvalue weighted by Gasteiger charge is 2.22. The van der Waals surface area contributed by atoms with Gasteiger partial charge in [-0.25, -0.2) is 13.1 Å². The highest BCUT2D eigenvalue weighted by atomic mass is 32.2. The first-order chi connectivity index (χ1) is 14.7. The molecule has 3 rings (SSSR count). The number of non-ortho nitro benzene ring substituents is 1. The van der Waals surface area contributed by atoms with Gasteiger partial charge in [-0.05, 0) is 63.4 Å². The quantitative estimate of drug-likeness (QED) is 0.496. The van der Waals surface area contributed by atoms with Gasteiger partial charge >= 0.3 is 0 Å². The molecule has 2 N–H and O–H groups in total. The maximum atomic E-state index is 13.0. The average molecular weight is 447 g/mol. The van der Waals surface area contributed by atoms with Crippen molar-refractivity contribution in [2.45, 2.75) is 44.0 Å². The van der Waals surface area contributed by atoms with Crippen LogP contribution >= 0.6 is 0 Å². The molecule has 166 valence electrons. The molecule has 0 aliphatic carbocycles. The van der Waals surface area contributed by atoms with Gasteiger partial charge in [0.15, 0.2) is 0 Å². The molecule has 0 saturated carbocycles. The van der Waals surface area contributed by atoms with Gasteiger partial charge in [0.25, 0.3) is 11.6 Å². The van der Waals surface area contributed by atoms with E-state index in [4.69, 9.17) is 0 Å². The Balaban J connectivity index is 1.85. The van der Waals surface area contributed by atoms with E-state index in [-0.39, 0.29) is 22.2 Å². The van der Waals surface area contributed by atoms with E-state index in [2.05, 4.69) is 14.9 Å². The summed E-state index contributed by atoms with van der Waals surface area (Å²) in [6.45, 7) is 5.03. The summed E-state index contributed by atoms with van der Waals surface area (Å²) in [5, 5.41) is 13.9. The summed E-state index contributed by atoms with van der Waals surface area (Å²) >= 11 is 0. The van der Waals surface area contributed by atoms with Gasteiger partial charge < -0.3 is 10.2 Å². The minimum absolute atomic E-state index is 0.0866. The minimum Gasteiger partial charge on any atom is -0.371 e. The fourth-order valence-corrected chi connectivity index (χ4v) is 4.78. The number of sulfonamides is 1. The van der Waals surface area contributed by atoms with Crippen LogP contribution in [0.1, 0.15) is 43.5 Å². The standard InChI is InChI=1S/C21H26N4O5S/c1-15(2)23-31(29,30)18-9-6-16(7-10-18)22-21(26)19-14-17(25(27)28)8-11-20(19)24-12-4-3-5-13-24/h6-11,14-15,23H,3-5,12-13H2,1-2H3,(H,22,26). The summed E-state index contributed by atoms with van der Waals surface area (Å²) in [4.78, 5) is 25.8. The highest BCUT2D eigenvalue weighted by molar-refractivity contribution is 7.89. The molecule has 1 heterocycles. The molecule has 1 aliphatic heterocycles. The van der Waals surface area contributed by atoms with E-state index in [1.165, 1.54) is 36.4 Å². The van der Waals surface area contributed by atoms with Crippen LogP contribution < -0.4 is 14.9 Å². The Morgan fingerprint density at radius 3 is 2.29 bits per heavy atom. The fourth-order valence-electron chi connectivity index (χ4n) is 3.52. The second kappa shape index (κ2) is 9.44. The largest absolute Gasteiger partial charge is 0.371 e. The van der Waals surface area contributed by atoms with Gasteiger partial charge in [-0.1, -0.05) is 0 Å². The van der Waals surface area contributed by atoms with Crippen molar-refractivity contribution in [3.05, 3.63) is 58.1 Å². The number of nitrogens with zero attached hydrogens (tertiary/aromatic N) is 2. The molecule has 31 heavy (non-hydrogen) atoms. The summed E-state index contributed by atoms with van der Waals surface area (Å²) in [5.74, 6) is -0.486. The van der Waals surface area contributed by atoms with Gasteiger partial charge in [0.2, 0.25) is 10.0 Å². The molecule has 0 spiro atoms. The molecule has 1 fully saturated rings. The van der Waals surface area contributed by atoms with Gasteiger partial charge in [-0.3, -0.25) is 14.9 Å². The number of rotatable bonds is 7. The number of nitrogens with one attached hydrogen (secondary N) is 2. The van der Waals surface area contributed by atoms with Gasteiger partial charge in [0.1, 0.15) is 0 Å². The van der Waals surface area contributed by atoms with Gasteiger partial charge in [0.05, 0.1) is 21.1 Å². The van der Waals surface area contributed by atoms with Gasteiger partial charge in [-0.15, -0.1) is 0 Å². The van der Waals surface area contributed by atoms with Gasteiger partial charge in [0, 0.05) is 37.0 Å². The summed E-state index contributed by atoms with van der Waals surface area (Å²) in [6, 6.07) is 9.85. The second-order valence-electron chi connectivity index (χ2n) is 7.76. The van der Waals surface area contributed by atoms with E-state index >= 15 is 0 Å². The predicted molar refractivity (Wildman–Crippen MR) is 119 cm³/mol. The lowest BCUT2D eigenvalue weighted by atomic mass is 10.1. The molecular formula is C21H26N4O5S. The molecular weight excluding hydrogens is 420 g/mol. The zero-order valence-electron chi connectivity index (χ0n) is 17.5. The van der Waals surface area contributed by atoms with Crippen molar-refractivity contribution in [1.29, 1.82) is 0 Å². The van der Waals surface area contributed by atoms with Crippen LogP contribution in [0.5, 0.6) is 0 Å². The molecule has 0 aromatic heterocycles. The number of carbonyl (C=O) groups is 1.